The van der Waals surface area contributed by atoms with E-state index in [9.17, 15) is 19.5 Å². The summed E-state index contributed by atoms with van der Waals surface area (Å²) in [5.41, 5.74) is 4.63. The molecule has 2 amide bonds. The highest BCUT2D eigenvalue weighted by molar-refractivity contribution is 5.84. The maximum absolute atomic E-state index is 13.7. The molecule has 0 fully saturated rings. The molecular weight excluding hydrogens is 552 g/mol. The molecule has 0 saturated carbocycles. The van der Waals surface area contributed by atoms with Gasteiger partial charge in [-0.1, -0.05) is 129 Å². The molecule has 7 nitrogen and oxygen atoms in total. The van der Waals surface area contributed by atoms with Crippen LogP contribution in [0, 0.1) is 5.92 Å². The van der Waals surface area contributed by atoms with E-state index in [2.05, 4.69) is 5.32 Å². The SMILES string of the molecule is CC(C)CN(CCC(=O)OCc1ccccc1)C(=O)N[C@@H](C(=O)O)[C@@H](Cc1ccccc1)c1cccc(-c2ccccc2)c1. The third-order valence-electron chi connectivity index (χ3n) is 7.37. The van der Waals surface area contributed by atoms with Crippen LogP contribution in [0.15, 0.2) is 115 Å². The Morgan fingerprint density at radius 3 is 1.98 bits per heavy atom. The second-order valence-corrected chi connectivity index (χ2v) is 11.3. The van der Waals surface area contributed by atoms with Gasteiger partial charge in [0.1, 0.15) is 12.6 Å². The Bertz CT molecular complexity index is 1490. The first-order valence-corrected chi connectivity index (χ1v) is 15.0. The lowest BCUT2D eigenvalue weighted by atomic mass is 9.84. The summed E-state index contributed by atoms with van der Waals surface area (Å²) in [4.78, 5) is 40.5. The van der Waals surface area contributed by atoms with Crippen molar-refractivity contribution >= 4 is 18.0 Å². The Balaban J connectivity index is 1.54. The zero-order valence-corrected chi connectivity index (χ0v) is 25.3. The molecule has 0 spiro atoms. The molecule has 4 aromatic rings. The van der Waals surface area contributed by atoms with Crippen LogP contribution < -0.4 is 5.32 Å². The standard InChI is InChI=1S/C37H40N2O5/c1-27(2)25-39(22-21-34(40)44-26-29-15-8-4-9-16-29)37(43)38-35(36(41)42)33(23-28-13-6-3-7-14-28)32-20-12-19-31(24-32)30-17-10-5-11-18-30/h3-20,24,27,33,35H,21-23,25-26H2,1-2H3,(H,38,43)(H,41,42)/t33-,35+/m0/s1. The number of ether oxygens (including phenoxy) is 1. The number of nitrogens with zero attached hydrogens (tertiary/aromatic N) is 1. The maximum atomic E-state index is 13.7. The van der Waals surface area contributed by atoms with Crippen LogP contribution >= 0.6 is 0 Å². The van der Waals surface area contributed by atoms with Gasteiger partial charge in [0.2, 0.25) is 0 Å². The molecule has 0 aromatic heterocycles. The van der Waals surface area contributed by atoms with Crippen LogP contribution in [0.1, 0.15) is 42.9 Å². The summed E-state index contributed by atoms with van der Waals surface area (Å²) in [6.07, 6.45) is 0.406. The number of aliphatic carboxylic acids is 1. The Kier molecular flexibility index (Phi) is 11.7. The summed E-state index contributed by atoms with van der Waals surface area (Å²) in [5, 5.41) is 13.3. The van der Waals surface area contributed by atoms with E-state index in [1.54, 1.807) is 0 Å². The monoisotopic (exact) mass is 592 g/mol. The minimum absolute atomic E-state index is 0.00270. The molecule has 7 heteroatoms. The van der Waals surface area contributed by atoms with Crippen molar-refractivity contribution < 1.29 is 24.2 Å². The predicted octanol–water partition coefficient (Wildman–Crippen LogP) is 6.93. The van der Waals surface area contributed by atoms with Gasteiger partial charge < -0.3 is 20.1 Å². The number of benzene rings is 4. The van der Waals surface area contributed by atoms with E-state index in [1.807, 2.05) is 129 Å². The van der Waals surface area contributed by atoms with E-state index in [0.717, 1.165) is 27.8 Å². The summed E-state index contributed by atoms with van der Waals surface area (Å²) in [5.74, 6) is -2.01. The first kappa shape index (κ1) is 32.0. The van der Waals surface area contributed by atoms with Crippen molar-refractivity contribution in [1.82, 2.24) is 10.2 Å². The average molecular weight is 593 g/mol. The molecule has 228 valence electrons. The Morgan fingerprint density at radius 2 is 1.36 bits per heavy atom. The number of hydrogen-bond donors (Lipinski definition) is 2. The molecule has 0 aliphatic rings. The second kappa shape index (κ2) is 16.1. The van der Waals surface area contributed by atoms with Gasteiger partial charge in [0, 0.05) is 19.0 Å². The van der Waals surface area contributed by atoms with Gasteiger partial charge >= 0.3 is 18.0 Å². The molecule has 2 N–H and O–H groups in total. The number of rotatable bonds is 14. The van der Waals surface area contributed by atoms with Gasteiger partial charge in [0.05, 0.1) is 6.42 Å². The van der Waals surface area contributed by atoms with Crippen LogP contribution in [0.5, 0.6) is 0 Å². The van der Waals surface area contributed by atoms with Gasteiger partial charge in [-0.05, 0) is 40.2 Å². The molecule has 44 heavy (non-hydrogen) atoms. The molecule has 0 bridgehead atoms. The van der Waals surface area contributed by atoms with Crippen molar-refractivity contribution in [1.29, 1.82) is 0 Å². The molecule has 0 unspecified atom stereocenters. The number of amides is 2. The average Bonchev–Trinajstić information content (AvgIpc) is 3.04. The van der Waals surface area contributed by atoms with E-state index in [-0.39, 0.29) is 25.5 Å². The minimum Gasteiger partial charge on any atom is -0.480 e. The highest BCUT2D eigenvalue weighted by Crippen LogP contribution is 2.29. The lowest BCUT2D eigenvalue weighted by Gasteiger charge is -2.30. The molecule has 0 aliphatic heterocycles. The first-order chi connectivity index (χ1) is 21.3. The number of hydrogen-bond acceptors (Lipinski definition) is 4. The van der Waals surface area contributed by atoms with Gasteiger partial charge in [-0.15, -0.1) is 0 Å². The van der Waals surface area contributed by atoms with Crippen molar-refractivity contribution in [2.24, 2.45) is 5.92 Å². The number of carbonyl (C=O) groups excluding carboxylic acids is 2. The Morgan fingerprint density at radius 1 is 0.773 bits per heavy atom. The number of carboxylic acid groups (broad SMARTS) is 1. The fraction of sp³-hybridized carbons (Fsp3) is 0.270. The van der Waals surface area contributed by atoms with Crippen LogP contribution in [0.2, 0.25) is 0 Å². The van der Waals surface area contributed by atoms with Crippen molar-refractivity contribution in [3.63, 3.8) is 0 Å². The molecule has 0 aliphatic carbocycles. The molecule has 0 saturated heterocycles. The van der Waals surface area contributed by atoms with E-state index in [1.165, 1.54) is 4.90 Å². The van der Waals surface area contributed by atoms with E-state index < -0.39 is 29.9 Å². The molecule has 0 radical (unpaired) electrons. The Labute approximate surface area is 259 Å². The largest absolute Gasteiger partial charge is 0.480 e. The van der Waals surface area contributed by atoms with E-state index in [4.69, 9.17) is 4.74 Å². The van der Waals surface area contributed by atoms with Crippen molar-refractivity contribution in [3.05, 3.63) is 132 Å². The quantitative estimate of drug-likeness (QED) is 0.155. The highest BCUT2D eigenvalue weighted by atomic mass is 16.5. The third kappa shape index (κ3) is 9.56. The van der Waals surface area contributed by atoms with Crippen LogP contribution in [0.4, 0.5) is 4.79 Å². The van der Waals surface area contributed by atoms with Gasteiger partial charge in [0.15, 0.2) is 0 Å². The van der Waals surface area contributed by atoms with Crippen LogP contribution in [0.3, 0.4) is 0 Å². The fourth-order valence-electron chi connectivity index (χ4n) is 5.19. The van der Waals surface area contributed by atoms with Crippen LogP contribution in [0.25, 0.3) is 11.1 Å². The smallest absolute Gasteiger partial charge is 0.326 e. The zero-order chi connectivity index (χ0) is 31.3. The minimum atomic E-state index is -1.21. The van der Waals surface area contributed by atoms with Crippen molar-refractivity contribution in [2.75, 3.05) is 13.1 Å². The molecule has 4 aromatic carbocycles. The molecule has 2 atom stereocenters. The predicted molar refractivity (Wildman–Crippen MR) is 172 cm³/mol. The maximum Gasteiger partial charge on any atom is 0.326 e. The van der Waals surface area contributed by atoms with Crippen molar-refractivity contribution in [2.45, 2.75) is 45.3 Å². The fourth-order valence-corrected chi connectivity index (χ4v) is 5.19. The second-order valence-electron chi connectivity index (χ2n) is 11.3. The molecular formula is C37H40N2O5. The first-order valence-electron chi connectivity index (χ1n) is 15.0. The number of esters is 1. The number of carbonyl (C=O) groups is 3. The number of nitrogens with one attached hydrogen (secondary N) is 1. The summed E-state index contributed by atoms with van der Waals surface area (Å²) >= 11 is 0. The summed E-state index contributed by atoms with van der Waals surface area (Å²) < 4.78 is 5.40. The van der Waals surface area contributed by atoms with Gasteiger partial charge in [-0.2, -0.15) is 0 Å². The Hall–Kier alpha value is -4.91. The topological polar surface area (TPSA) is 95.9 Å². The molecule has 4 rings (SSSR count). The van der Waals surface area contributed by atoms with Crippen LogP contribution in [-0.2, 0) is 27.4 Å². The summed E-state index contributed by atoms with van der Waals surface area (Å²) in [6.45, 7) is 4.56. The lowest BCUT2D eigenvalue weighted by Crippen LogP contribution is -2.52. The van der Waals surface area contributed by atoms with Gasteiger partial charge in [-0.3, -0.25) is 4.79 Å². The van der Waals surface area contributed by atoms with Gasteiger partial charge in [-0.25, -0.2) is 9.59 Å². The highest BCUT2D eigenvalue weighted by Gasteiger charge is 2.33. The lowest BCUT2D eigenvalue weighted by molar-refractivity contribution is -0.145. The number of urea groups is 1. The van der Waals surface area contributed by atoms with Crippen molar-refractivity contribution in [3.8, 4) is 11.1 Å². The summed E-state index contributed by atoms with van der Waals surface area (Å²) in [6, 6.07) is 35.0. The zero-order valence-electron chi connectivity index (χ0n) is 25.3. The number of carboxylic acids is 1. The summed E-state index contributed by atoms with van der Waals surface area (Å²) in [7, 11) is 0. The van der Waals surface area contributed by atoms with Gasteiger partial charge in [0.25, 0.3) is 0 Å². The normalized spacial score (nSPS) is 12.2. The molecule has 0 heterocycles. The van der Waals surface area contributed by atoms with Crippen LogP contribution in [-0.4, -0.2) is 47.1 Å². The van der Waals surface area contributed by atoms with E-state index >= 15 is 0 Å². The van der Waals surface area contributed by atoms with E-state index in [0.29, 0.717) is 13.0 Å². The third-order valence-corrected chi connectivity index (χ3v) is 7.37.